The summed E-state index contributed by atoms with van der Waals surface area (Å²) in [6.45, 7) is 0.562. The zero-order chi connectivity index (χ0) is 15.4. The van der Waals surface area contributed by atoms with Crippen molar-refractivity contribution in [2.75, 3.05) is 6.54 Å². The second kappa shape index (κ2) is 6.65. The van der Waals surface area contributed by atoms with Crippen molar-refractivity contribution in [3.8, 4) is 0 Å². The van der Waals surface area contributed by atoms with Crippen LogP contribution in [0, 0.1) is 5.82 Å². The highest BCUT2D eigenvalue weighted by atomic mass is 32.1. The average Bonchev–Trinajstić information content (AvgIpc) is 3.10. The number of aromatic nitrogens is 3. The van der Waals surface area contributed by atoms with E-state index in [4.69, 9.17) is 0 Å². The number of rotatable bonds is 6. The van der Waals surface area contributed by atoms with Crippen LogP contribution in [0.4, 0.5) is 4.39 Å². The lowest BCUT2D eigenvalue weighted by molar-refractivity contribution is -0.121. The van der Waals surface area contributed by atoms with Crippen LogP contribution in [0.2, 0.25) is 0 Å². The zero-order valence-electron chi connectivity index (χ0n) is 11.8. The molecule has 0 fully saturated rings. The molecule has 0 bridgehead atoms. The maximum absolute atomic E-state index is 13.0. The molecule has 7 heteroatoms. The van der Waals surface area contributed by atoms with Crippen LogP contribution in [0.3, 0.4) is 0 Å². The van der Waals surface area contributed by atoms with Crippen molar-refractivity contribution in [3.05, 3.63) is 53.0 Å². The predicted octanol–water partition coefficient (Wildman–Crippen LogP) is 2.22. The van der Waals surface area contributed by atoms with E-state index in [0.717, 1.165) is 22.6 Å². The number of carbonyl (C=O) groups is 1. The molecule has 2 heterocycles. The number of aryl methyl sites for hydroxylation is 1. The summed E-state index contributed by atoms with van der Waals surface area (Å²) in [5, 5.41) is 12.7. The Bertz CT molecular complexity index is 783. The van der Waals surface area contributed by atoms with E-state index in [1.165, 1.54) is 23.5 Å². The van der Waals surface area contributed by atoms with Crippen molar-refractivity contribution in [2.24, 2.45) is 0 Å². The molecular weight excluding hydrogens is 303 g/mol. The van der Waals surface area contributed by atoms with Crippen molar-refractivity contribution < 1.29 is 9.18 Å². The van der Waals surface area contributed by atoms with Gasteiger partial charge >= 0.3 is 0 Å². The van der Waals surface area contributed by atoms with Crippen molar-refractivity contribution in [1.29, 1.82) is 0 Å². The van der Waals surface area contributed by atoms with Crippen LogP contribution in [0.25, 0.3) is 4.96 Å². The Kier molecular flexibility index (Phi) is 4.43. The standard InChI is InChI=1S/C15H15FN4OS/c16-12-3-1-2-11(8-12)4-5-14(21)17-7-6-13-9-22-15-19-18-10-20(13)15/h1-3,8-10H,4-7H2,(H,17,21). The molecule has 0 saturated heterocycles. The van der Waals surface area contributed by atoms with E-state index in [1.54, 1.807) is 12.4 Å². The van der Waals surface area contributed by atoms with Gasteiger partial charge < -0.3 is 5.32 Å². The predicted molar refractivity (Wildman–Crippen MR) is 82.3 cm³/mol. The lowest BCUT2D eigenvalue weighted by Gasteiger charge is -2.05. The van der Waals surface area contributed by atoms with E-state index < -0.39 is 0 Å². The molecule has 22 heavy (non-hydrogen) atoms. The smallest absolute Gasteiger partial charge is 0.220 e. The molecule has 0 unspecified atom stereocenters. The molecule has 3 rings (SSSR count). The summed E-state index contributed by atoms with van der Waals surface area (Å²) >= 11 is 1.53. The number of thiazole rings is 1. The molecule has 5 nitrogen and oxygen atoms in total. The lowest BCUT2D eigenvalue weighted by atomic mass is 10.1. The SMILES string of the molecule is O=C(CCc1cccc(F)c1)NCCc1csc2nncn12. The van der Waals surface area contributed by atoms with E-state index in [2.05, 4.69) is 15.5 Å². The van der Waals surface area contributed by atoms with Gasteiger partial charge in [0.2, 0.25) is 10.9 Å². The summed E-state index contributed by atoms with van der Waals surface area (Å²) in [7, 11) is 0. The fraction of sp³-hybridized carbons (Fsp3) is 0.267. The number of amides is 1. The Hall–Kier alpha value is -2.28. The summed E-state index contributed by atoms with van der Waals surface area (Å²) in [6, 6.07) is 6.34. The van der Waals surface area contributed by atoms with Crippen molar-refractivity contribution >= 4 is 22.2 Å². The van der Waals surface area contributed by atoms with Gasteiger partial charge in [0.25, 0.3) is 0 Å². The van der Waals surface area contributed by atoms with Crippen LogP contribution in [0.5, 0.6) is 0 Å². The van der Waals surface area contributed by atoms with Gasteiger partial charge in [0.1, 0.15) is 12.1 Å². The Labute approximate surface area is 130 Å². The molecular formula is C15H15FN4OS. The van der Waals surface area contributed by atoms with E-state index in [0.29, 0.717) is 19.4 Å². The number of halogens is 1. The molecule has 1 N–H and O–H groups in total. The van der Waals surface area contributed by atoms with E-state index in [1.807, 2.05) is 15.8 Å². The molecule has 2 aromatic heterocycles. The first-order chi connectivity index (χ1) is 10.7. The van der Waals surface area contributed by atoms with Crippen LogP contribution >= 0.6 is 11.3 Å². The minimum atomic E-state index is -0.270. The average molecular weight is 318 g/mol. The molecule has 0 aliphatic carbocycles. The maximum atomic E-state index is 13.0. The second-order valence-electron chi connectivity index (χ2n) is 4.94. The topological polar surface area (TPSA) is 59.3 Å². The molecule has 3 aromatic rings. The summed E-state index contributed by atoms with van der Waals surface area (Å²) < 4.78 is 15.0. The quantitative estimate of drug-likeness (QED) is 0.758. The van der Waals surface area contributed by atoms with E-state index in [9.17, 15) is 9.18 Å². The molecule has 1 amide bonds. The third-order valence-electron chi connectivity index (χ3n) is 3.36. The van der Waals surface area contributed by atoms with Gasteiger partial charge in [-0.2, -0.15) is 0 Å². The molecule has 1 aromatic carbocycles. The first kappa shape index (κ1) is 14.6. The number of fused-ring (bicyclic) bond motifs is 1. The normalized spacial score (nSPS) is 11.0. The van der Waals surface area contributed by atoms with Gasteiger partial charge in [-0.3, -0.25) is 9.20 Å². The Morgan fingerprint density at radius 2 is 2.27 bits per heavy atom. The molecule has 114 valence electrons. The van der Waals surface area contributed by atoms with Gasteiger partial charge in [-0.05, 0) is 24.1 Å². The van der Waals surface area contributed by atoms with Crippen LogP contribution < -0.4 is 5.32 Å². The highest BCUT2D eigenvalue weighted by Crippen LogP contribution is 2.13. The van der Waals surface area contributed by atoms with Gasteiger partial charge in [-0.1, -0.05) is 12.1 Å². The van der Waals surface area contributed by atoms with E-state index in [-0.39, 0.29) is 11.7 Å². The minimum Gasteiger partial charge on any atom is -0.356 e. The van der Waals surface area contributed by atoms with Crippen molar-refractivity contribution in [2.45, 2.75) is 19.3 Å². The summed E-state index contributed by atoms with van der Waals surface area (Å²) in [5.74, 6) is -0.298. The highest BCUT2D eigenvalue weighted by Gasteiger charge is 2.06. The zero-order valence-corrected chi connectivity index (χ0v) is 12.6. The Morgan fingerprint density at radius 3 is 3.14 bits per heavy atom. The number of hydrogen-bond acceptors (Lipinski definition) is 4. The fourth-order valence-corrected chi connectivity index (χ4v) is 3.07. The fourth-order valence-electron chi connectivity index (χ4n) is 2.23. The number of nitrogens with zero attached hydrogens (tertiary/aromatic N) is 3. The first-order valence-electron chi connectivity index (χ1n) is 6.99. The largest absolute Gasteiger partial charge is 0.356 e. The summed E-state index contributed by atoms with van der Waals surface area (Å²) in [4.78, 5) is 12.7. The van der Waals surface area contributed by atoms with E-state index >= 15 is 0 Å². The second-order valence-corrected chi connectivity index (χ2v) is 5.78. The molecule has 0 radical (unpaired) electrons. The van der Waals surface area contributed by atoms with Crippen molar-refractivity contribution in [1.82, 2.24) is 19.9 Å². The number of benzene rings is 1. The van der Waals surface area contributed by atoms with Gasteiger partial charge in [0.05, 0.1) is 0 Å². The Morgan fingerprint density at radius 1 is 1.36 bits per heavy atom. The molecule has 0 spiro atoms. The van der Waals surface area contributed by atoms with Crippen molar-refractivity contribution in [3.63, 3.8) is 0 Å². The minimum absolute atomic E-state index is 0.0282. The summed E-state index contributed by atoms with van der Waals surface area (Å²) in [6.07, 6.45) is 3.30. The number of hydrogen-bond donors (Lipinski definition) is 1. The van der Waals surface area contributed by atoms with Gasteiger partial charge in [-0.25, -0.2) is 4.39 Å². The molecule has 0 aliphatic rings. The van der Waals surface area contributed by atoms with Crippen LogP contribution in [0.1, 0.15) is 17.7 Å². The molecule has 0 saturated carbocycles. The van der Waals surface area contributed by atoms with Gasteiger partial charge in [0.15, 0.2) is 0 Å². The third kappa shape index (κ3) is 3.48. The van der Waals surface area contributed by atoms with Crippen LogP contribution in [-0.2, 0) is 17.6 Å². The maximum Gasteiger partial charge on any atom is 0.220 e. The summed E-state index contributed by atoms with van der Waals surface area (Å²) in [5.41, 5.74) is 1.91. The monoisotopic (exact) mass is 318 g/mol. The third-order valence-corrected chi connectivity index (χ3v) is 4.24. The van der Waals surface area contributed by atoms with Gasteiger partial charge in [0, 0.05) is 30.5 Å². The first-order valence-corrected chi connectivity index (χ1v) is 7.87. The van der Waals surface area contributed by atoms with Crippen LogP contribution in [0.15, 0.2) is 36.0 Å². The Balaban J connectivity index is 1.44. The number of carbonyl (C=O) groups excluding carboxylic acids is 1. The molecule has 0 aliphatic heterocycles. The molecule has 0 atom stereocenters. The number of nitrogens with one attached hydrogen (secondary N) is 1. The van der Waals surface area contributed by atoms with Gasteiger partial charge in [-0.15, -0.1) is 21.5 Å². The highest BCUT2D eigenvalue weighted by molar-refractivity contribution is 7.15. The lowest BCUT2D eigenvalue weighted by Crippen LogP contribution is -2.26. The van der Waals surface area contributed by atoms with Crippen LogP contribution in [-0.4, -0.2) is 27.0 Å².